The van der Waals surface area contributed by atoms with Crippen molar-refractivity contribution in [3.8, 4) is 5.75 Å². The summed E-state index contributed by atoms with van der Waals surface area (Å²) >= 11 is 11.8. The summed E-state index contributed by atoms with van der Waals surface area (Å²) < 4.78 is 5.58. The third-order valence-electron chi connectivity index (χ3n) is 3.78. The van der Waals surface area contributed by atoms with E-state index in [0.717, 1.165) is 0 Å². The molecule has 0 saturated heterocycles. The van der Waals surface area contributed by atoms with Crippen molar-refractivity contribution >= 4 is 46.4 Å². The molecular weight excluding hydrogens is 363 g/mol. The van der Waals surface area contributed by atoms with E-state index in [-0.39, 0.29) is 24.8 Å². The highest BCUT2D eigenvalue weighted by molar-refractivity contribution is 6.35. The van der Waals surface area contributed by atoms with Crippen molar-refractivity contribution in [1.82, 2.24) is 0 Å². The summed E-state index contributed by atoms with van der Waals surface area (Å²) in [5.74, 6) is 0.233. The van der Waals surface area contributed by atoms with Crippen LogP contribution in [0.1, 0.15) is 13.3 Å². The fourth-order valence-corrected chi connectivity index (χ4v) is 3.18. The van der Waals surface area contributed by atoms with E-state index in [0.29, 0.717) is 27.2 Å². The summed E-state index contributed by atoms with van der Waals surface area (Å²) in [5.41, 5.74) is 1.19. The fourth-order valence-electron chi connectivity index (χ4n) is 2.65. The van der Waals surface area contributed by atoms with Gasteiger partial charge in [0.05, 0.1) is 5.69 Å². The molecule has 0 fully saturated rings. The van der Waals surface area contributed by atoms with Gasteiger partial charge in [0.25, 0.3) is 5.91 Å². The lowest BCUT2D eigenvalue weighted by atomic mass is 10.1. The number of amides is 2. The van der Waals surface area contributed by atoms with Crippen molar-refractivity contribution in [2.75, 3.05) is 16.8 Å². The fraction of sp³-hybridized carbons (Fsp3) is 0.222. The number of fused-ring (bicyclic) bond motifs is 1. The van der Waals surface area contributed by atoms with E-state index < -0.39 is 6.10 Å². The molecule has 1 N–H and O–H groups in total. The molecule has 2 aromatic rings. The molecule has 130 valence electrons. The van der Waals surface area contributed by atoms with Crippen LogP contribution in [0.2, 0.25) is 10.0 Å². The van der Waals surface area contributed by atoms with Gasteiger partial charge in [0.15, 0.2) is 6.10 Å². The highest BCUT2D eigenvalue weighted by Gasteiger charge is 2.31. The van der Waals surface area contributed by atoms with Crippen LogP contribution in [-0.4, -0.2) is 24.5 Å². The van der Waals surface area contributed by atoms with Gasteiger partial charge < -0.3 is 15.0 Å². The lowest BCUT2D eigenvalue weighted by Gasteiger charge is -2.32. The third-order valence-corrected chi connectivity index (χ3v) is 4.22. The number of para-hydroxylation sites is 2. The van der Waals surface area contributed by atoms with Crippen molar-refractivity contribution in [3.63, 3.8) is 0 Å². The van der Waals surface area contributed by atoms with E-state index in [1.807, 2.05) is 12.1 Å². The van der Waals surface area contributed by atoms with Gasteiger partial charge in [-0.25, -0.2) is 0 Å². The Morgan fingerprint density at radius 3 is 2.60 bits per heavy atom. The second kappa shape index (κ2) is 7.33. The molecule has 0 spiro atoms. The van der Waals surface area contributed by atoms with Crippen molar-refractivity contribution in [3.05, 3.63) is 52.5 Å². The molecule has 0 saturated carbocycles. The maximum atomic E-state index is 12.4. The molecule has 0 radical (unpaired) electrons. The second-order valence-corrected chi connectivity index (χ2v) is 6.55. The van der Waals surface area contributed by atoms with E-state index in [4.69, 9.17) is 27.9 Å². The summed E-state index contributed by atoms with van der Waals surface area (Å²) in [6.07, 6.45) is -0.443. The van der Waals surface area contributed by atoms with Crippen LogP contribution in [0.15, 0.2) is 42.5 Å². The van der Waals surface area contributed by atoms with Crippen LogP contribution in [-0.2, 0) is 9.59 Å². The summed E-state index contributed by atoms with van der Waals surface area (Å²) in [5, 5.41) is 3.61. The van der Waals surface area contributed by atoms with E-state index in [1.165, 1.54) is 0 Å². The van der Waals surface area contributed by atoms with Crippen molar-refractivity contribution in [2.24, 2.45) is 0 Å². The molecule has 0 aromatic heterocycles. The second-order valence-electron chi connectivity index (χ2n) is 5.67. The minimum absolute atomic E-state index is 0.136. The molecule has 1 atom stereocenters. The number of nitrogens with one attached hydrogen (secondary N) is 1. The smallest absolute Gasteiger partial charge is 0.267 e. The Bertz CT molecular complexity index is 805. The molecule has 3 rings (SSSR count). The van der Waals surface area contributed by atoms with Crippen molar-refractivity contribution < 1.29 is 14.3 Å². The molecule has 5 nitrogen and oxygen atoms in total. The van der Waals surface area contributed by atoms with Gasteiger partial charge in [0, 0.05) is 28.7 Å². The molecule has 25 heavy (non-hydrogen) atoms. The predicted molar refractivity (Wildman–Crippen MR) is 98.6 cm³/mol. The Hall–Kier alpha value is -2.24. The van der Waals surface area contributed by atoms with Gasteiger partial charge in [-0.15, -0.1) is 0 Å². The lowest BCUT2D eigenvalue weighted by molar-refractivity contribution is -0.125. The average molecular weight is 379 g/mol. The van der Waals surface area contributed by atoms with E-state index >= 15 is 0 Å². The molecule has 0 aliphatic carbocycles. The zero-order valence-electron chi connectivity index (χ0n) is 13.5. The van der Waals surface area contributed by atoms with Crippen LogP contribution in [0.4, 0.5) is 11.4 Å². The van der Waals surface area contributed by atoms with Gasteiger partial charge in [-0.2, -0.15) is 0 Å². The molecule has 1 heterocycles. The Kier molecular flexibility index (Phi) is 5.16. The summed E-state index contributed by atoms with van der Waals surface area (Å²) in [6.45, 7) is 1.95. The maximum Gasteiger partial charge on any atom is 0.267 e. The van der Waals surface area contributed by atoms with Crippen molar-refractivity contribution in [1.29, 1.82) is 0 Å². The maximum absolute atomic E-state index is 12.4. The molecular formula is C18H16Cl2N2O3. The van der Waals surface area contributed by atoms with Crippen LogP contribution < -0.4 is 15.0 Å². The normalized spacial score (nSPS) is 16.2. The quantitative estimate of drug-likeness (QED) is 0.869. The van der Waals surface area contributed by atoms with Gasteiger partial charge >= 0.3 is 0 Å². The number of benzene rings is 2. The van der Waals surface area contributed by atoms with Crippen LogP contribution in [0.3, 0.4) is 0 Å². The SMILES string of the molecule is CC1Oc2ccccc2N(CCC(=O)Nc2cc(Cl)cc(Cl)c2)C1=O. The Morgan fingerprint density at radius 2 is 1.88 bits per heavy atom. The number of nitrogens with zero attached hydrogens (tertiary/aromatic N) is 1. The number of carbonyl (C=O) groups is 2. The van der Waals surface area contributed by atoms with E-state index in [2.05, 4.69) is 5.32 Å². The van der Waals surface area contributed by atoms with Crippen LogP contribution in [0.25, 0.3) is 0 Å². The number of anilines is 2. The minimum atomic E-state index is -0.579. The van der Waals surface area contributed by atoms with Crippen LogP contribution in [0.5, 0.6) is 5.75 Å². The first-order chi connectivity index (χ1) is 11.9. The molecule has 1 aliphatic heterocycles. The zero-order valence-corrected chi connectivity index (χ0v) is 15.0. The number of hydrogen-bond acceptors (Lipinski definition) is 3. The molecule has 2 aromatic carbocycles. The van der Waals surface area contributed by atoms with Gasteiger partial charge in [0.1, 0.15) is 5.75 Å². The van der Waals surface area contributed by atoms with Gasteiger partial charge in [-0.05, 0) is 37.3 Å². The molecule has 7 heteroatoms. The first-order valence-electron chi connectivity index (χ1n) is 7.77. The number of hydrogen-bond donors (Lipinski definition) is 1. The first-order valence-corrected chi connectivity index (χ1v) is 8.52. The number of ether oxygens (including phenoxy) is 1. The summed E-state index contributed by atoms with van der Waals surface area (Å²) in [4.78, 5) is 26.2. The zero-order chi connectivity index (χ0) is 18.0. The number of carbonyl (C=O) groups excluding carboxylic acids is 2. The van der Waals surface area contributed by atoms with Gasteiger partial charge in [-0.3, -0.25) is 9.59 Å². The Morgan fingerprint density at radius 1 is 1.20 bits per heavy atom. The highest BCUT2D eigenvalue weighted by Crippen LogP contribution is 2.33. The Balaban J connectivity index is 1.68. The monoisotopic (exact) mass is 378 g/mol. The number of halogens is 2. The lowest BCUT2D eigenvalue weighted by Crippen LogP contribution is -2.45. The van der Waals surface area contributed by atoms with Crippen LogP contribution in [0, 0.1) is 0 Å². The average Bonchev–Trinajstić information content (AvgIpc) is 2.54. The largest absolute Gasteiger partial charge is 0.479 e. The number of rotatable bonds is 4. The minimum Gasteiger partial charge on any atom is -0.479 e. The molecule has 1 aliphatic rings. The van der Waals surface area contributed by atoms with E-state index in [9.17, 15) is 9.59 Å². The van der Waals surface area contributed by atoms with Crippen LogP contribution >= 0.6 is 23.2 Å². The standard InChI is InChI=1S/C18H16Cl2N2O3/c1-11-18(24)22(15-4-2-3-5-16(15)25-11)7-6-17(23)21-14-9-12(19)8-13(20)10-14/h2-5,8-11H,6-7H2,1H3,(H,21,23). The third kappa shape index (κ3) is 4.06. The summed E-state index contributed by atoms with van der Waals surface area (Å²) in [6, 6.07) is 12.1. The summed E-state index contributed by atoms with van der Waals surface area (Å²) in [7, 11) is 0. The topological polar surface area (TPSA) is 58.6 Å². The molecule has 0 bridgehead atoms. The van der Waals surface area contributed by atoms with Crippen molar-refractivity contribution in [2.45, 2.75) is 19.4 Å². The van der Waals surface area contributed by atoms with Gasteiger partial charge in [-0.1, -0.05) is 35.3 Å². The van der Waals surface area contributed by atoms with Gasteiger partial charge in [0.2, 0.25) is 5.91 Å². The Labute approximate surface area is 155 Å². The first kappa shape index (κ1) is 17.6. The highest BCUT2D eigenvalue weighted by atomic mass is 35.5. The predicted octanol–water partition coefficient (Wildman–Crippen LogP) is 4.14. The molecule has 2 amide bonds. The molecule has 1 unspecified atom stereocenters. The van der Waals surface area contributed by atoms with E-state index in [1.54, 1.807) is 42.2 Å².